The zero-order chi connectivity index (χ0) is 13.8. The first-order chi connectivity index (χ1) is 9.04. The van der Waals surface area contributed by atoms with Crippen molar-refractivity contribution in [2.75, 3.05) is 0 Å². The van der Waals surface area contributed by atoms with Crippen molar-refractivity contribution < 1.29 is 14.3 Å². The molecule has 0 saturated heterocycles. The van der Waals surface area contributed by atoms with Crippen LogP contribution in [0.15, 0.2) is 42.5 Å². The fourth-order valence-electron chi connectivity index (χ4n) is 1.78. The van der Waals surface area contributed by atoms with Gasteiger partial charge in [0.2, 0.25) is 0 Å². The van der Waals surface area contributed by atoms with Crippen LogP contribution >= 0.6 is 11.6 Å². The quantitative estimate of drug-likeness (QED) is 0.929. The molecule has 0 atom stereocenters. The number of hydrogen-bond acceptors (Lipinski definition) is 2. The number of halogens is 2. The summed E-state index contributed by atoms with van der Waals surface area (Å²) in [6.07, 6.45) is 0.425. The highest BCUT2D eigenvalue weighted by Crippen LogP contribution is 2.22. The number of carbonyl (C=O) groups excluding carboxylic acids is 1. The minimum atomic E-state index is -0.322. The number of aromatic hydroxyl groups is 1. The molecule has 0 amide bonds. The van der Waals surface area contributed by atoms with Gasteiger partial charge in [-0.05, 0) is 35.4 Å². The summed E-state index contributed by atoms with van der Waals surface area (Å²) in [7, 11) is 0. The second kappa shape index (κ2) is 5.85. The van der Waals surface area contributed by atoms with Crippen LogP contribution in [-0.4, -0.2) is 10.9 Å². The lowest BCUT2D eigenvalue weighted by Crippen LogP contribution is -2.07. The molecule has 0 aromatic heterocycles. The molecule has 2 nitrogen and oxygen atoms in total. The molecule has 0 heterocycles. The van der Waals surface area contributed by atoms with Crippen molar-refractivity contribution >= 4 is 17.4 Å². The first-order valence-electron chi connectivity index (χ1n) is 5.78. The van der Waals surface area contributed by atoms with Crippen LogP contribution in [0.4, 0.5) is 4.39 Å². The second-order valence-corrected chi connectivity index (χ2v) is 4.70. The summed E-state index contributed by atoms with van der Waals surface area (Å²) in [5, 5.41) is 9.60. The molecule has 2 aromatic carbocycles. The number of benzene rings is 2. The Bertz CT molecular complexity index is 594. The van der Waals surface area contributed by atoms with Gasteiger partial charge in [0.05, 0.1) is 0 Å². The van der Waals surface area contributed by atoms with Crippen molar-refractivity contribution in [3.05, 3.63) is 64.4 Å². The molecule has 0 aliphatic heterocycles. The summed E-state index contributed by atoms with van der Waals surface area (Å²) >= 11 is 5.94. The van der Waals surface area contributed by atoms with Crippen LogP contribution in [0, 0.1) is 5.82 Å². The number of phenolic OH excluding ortho intramolecular Hbond substituents is 1. The van der Waals surface area contributed by atoms with Crippen LogP contribution in [0.2, 0.25) is 5.02 Å². The molecule has 0 aliphatic carbocycles. The number of phenols is 1. The molecule has 0 aliphatic rings. The van der Waals surface area contributed by atoms with E-state index in [1.165, 1.54) is 24.3 Å². The zero-order valence-electron chi connectivity index (χ0n) is 10.1. The SMILES string of the molecule is O=C(Cc1ccc(F)cc1)Cc1ccc(O)cc1Cl. The van der Waals surface area contributed by atoms with Crippen molar-refractivity contribution in [1.29, 1.82) is 0 Å². The lowest BCUT2D eigenvalue weighted by atomic mass is 10.0. The molecule has 0 fully saturated rings. The van der Waals surface area contributed by atoms with Crippen LogP contribution in [0.1, 0.15) is 11.1 Å². The van der Waals surface area contributed by atoms with Gasteiger partial charge in [-0.15, -0.1) is 0 Å². The van der Waals surface area contributed by atoms with Crippen molar-refractivity contribution in [2.24, 2.45) is 0 Å². The lowest BCUT2D eigenvalue weighted by Gasteiger charge is -2.05. The Morgan fingerprint density at radius 1 is 1.11 bits per heavy atom. The minimum Gasteiger partial charge on any atom is -0.508 e. The number of ketones is 1. The normalized spacial score (nSPS) is 10.4. The smallest absolute Gasteiger partial charge is 0.141 e. The Hall–Kier alpha value is -1.87. The van der Waals surface area contributed by atoms with E-state index in [4.69, 9.17) is 11.6 Å². The average molecular weight is 279 g/mol. The van der Waals surface area contributed by atoms with Crippen LogP contribution in [0.3, 0.4) is 0 Å². The van der Waals surface area contributed by atoms with Gasteiger partial charge in [0, 0.05) is 17.9 Å². The topological polar surface area (TPSA) is 37.3 Å². The van der Waals surface area contributed by atoms with E-state index in [0.717, 1.165) is 5.56 Å². The van der Waals surface area contributed by atoms with E-state index in [1.54, 1.807) is 18.2 Å². The molecule has 98 valence electrons. The van der Waals surface area contributed by atoms with Gasteiger partial charge in [-0.1, -0.05) is 29.8 Å². The standard InChI is InChI=1S/C15H12ClFO2/c16-15-9-13(18)6-3-11(15)8-14(19)7-10-1-4-12(17)5-2-10/h1-6,9,18H,7-8H2. The second-order valence-electron chi connectivity index (χ2n) is 4.29. The van der Waals surface area contributed by atoms with Crippen LogP contribution in [0.5, 0.6) is 5.75 Å². The van der Waals surface area contributed by atoms with E-state index in [1.807, 2.05) is 0 Å². The van der Waals surface area contributed by atoms with Gasteiger partial charge in [-0.25, -0.2) is 4.39 Å². The molecule has 0 saturated carbocycles. The molecule has 2 aromatic rings. The molecule has 0 spiro atoms. The molecule has 19 heavy (non-hydrogen) atoms. The summed E-state index contributed by atoms with van der Waals surface area (Å²) in [6.45, 7) is 0. The Labute approximate surface area is 115 Å². The maximum Gasteiger partial charge on any atom is 0.141 e. The van der Waals surface area contributed by atoms with Crippen molar-refractivity contribution in [3.8, 4) is 5.75 Å². The summed E-state index contributed by atoms with van der Waals surface area (Å²) in [5.41, 5.74) is 1.44. The van der Waals surface area contributed by atoms with Crippen LogP contribution < -0.4 is 0 Å². The Morgan fingerprint density at radius 2 is 1.79 bits per heavy atom. The predicted molar refractivity (Wildman–Crippen MR) is 71.9 cm³/mol. The van der Waals surface area contributed by atoms with E-state index in [9.17, 15) is 14.3 Å². The van der Waals surface area contributed by atoms with E-state index in [2.05, 4.69) is 0 Å². The molecular formula is C15H12ClFO2. The van der Waals surface area contributed by atoms with Crippen molar-refractivity contribution in [3.63, 3.8) is 0 Å². The third-order valence-electron chi connectivity index (χ3n) is 2.74. The van der Waals surface area contributed by atoms with E-state index in [0.29, 0.717) is 10.6 Å². The highest BCUT2D eigenvalue weighted by atomic mass is 35.5. The van der Waals surface area contributed by atoms with E-state index < -0.39 is 0 Å². The highest BCUT2D eigenvalue weighted by molar-refractivity contribution is 6.31. The molecule has 0 bridgehead atoms. The first-order valence-corrected chi connectivity index (χ1v) is 6.16. The number of carbonyl (C=O) groups is 1. The summed E-state index contributed by atoms with van der Waals surface area (Å²) in [4.78, 5) is 11.9. The summed E-state index contributed by atoms with van der Waals surface area (Å²) in [5.74, 6) is -0.267. The summed E-state index contributed by atoms with van der Waals surface area (Å²) in [6, 6.07) is 10.4. The fraction of sp³-hybridized carbons (Fsp3) is 0.133. The van der Waals surface area contributed by atoms with Gasteiger partial charge in [-0.3, -0.25) is 4.79 Å². The third kappa shape index (κ3) is 3.80. The van der Waals surface area contributed by atoms with Crippen LogP contribution in [-0.2, 0) is 17.6 Å². The van der Waals surface area contributed by atoms with Crippen LogP contribution in [0.25, 0.3) is 0 Å². The van der Waals surface area contributed by atoms with Crippen molar-refractivity contribution in [2.45, 2.75) is 12.8 Å². The third-order valence-corrected chi connectivity index (χ3v) is 3.09. The number of rotatable bonds is 4. The van der Waals surface area contributed by atoms with Gasteiger partial charge in [-0.2, -0.15) is 0 Å². The lowest BCUT2D eigenvalue weighted by molar-refractivity contribution is -0.117. The van der Waals surface area contributed by atoms with E-state index >= 15 is 0 Å². The average Bonchev–Trinajstić information content (AvgIpc) is 2.36. The van der Waals surface area contributed by atoms with Gasteiger partial charge in [0.1, 0.15) is 17.3 Å². The molecule has 1 N–H and O–H groups in total. The fourth-order valence-corrected chi connectivity index (χ4v) is 2.03. The molecule has 2 rings (SSSR count). The highest BCUT2D eigenvalue weighted by Gasteiger charge is 2.09. The van der Waals surface area contributed by atoms with Gasteiger partial charge in [0.15, 0.2) is 0 Å². The maximum absolute atomic E-state index is 12.7. The first kappa shape index (κ1) is 13.6. The largest absolute Gasteiger partial charge is 0.508 e. The molecule has 0 unspecified atom stereocenters. The number of hydrogen-bond donors (Lipinski definition) is 1. The van der Waals surface area contributed by atoms with Gasteiger partial charge >= 0.3 is 0 Å². The van der Waals surface area contributed by atoms with Gasteiger partial charge < -0.3 is 5.11 Å². The van der Waals surface area contributed by atoms with Crippen molar-refractivity contribution in [1.82, 2.24) is 0 Å². The zero-order valence-corrected chi connectivity index (χ0v) is 10.8. The Kier molecular flexibility index (Phi) is 4.17. The Balaban J connectivity index is 2.03. The monoisotopic (exact) mass is 278 g/mol. The van der Waals surface area contributed by atoms with E-state index in [-0.39, 0.29) is 30.2 Å². The molecule has 0 radical (unpaired) electrons. The molecular weight excluding hydrogens is 267 g/mol. The summed E-state index contributed by atoms with van der Waals surface area (Å²) < 4.78 is 12.7. The molecule has 4 heteroatoms. The van der Waals surface area contributed by atoms with Gasteiger partial charge in [0.25, 0.3) is 0 Å². The predicted octanol–water partition coefficient (Wildman–Crippen LogP) is 3.54. The Morgan fingerprint density at radius 3 is 2.42 bits per heavy atom. The minimum absolute atomic E-state index is 0.0146. The maximum atomic E-state index is 12.7. The number of Topliss-reactive ketones (excluding diaryl/α,β-unsaturated/α-hetero) is 1.